The molecule has 2 nitrogen and oxygen atoms in total. The number of hydrogen-bond acceptors (Lipinski definition) is 1. The molecule has 2 saturated heterocycles. The quantitative estimate of drug-likeness (QED) is 0.770. The number of nitrogens with zero attached hydrogens (tertiary/aromatic N) is 1. The standard InChI is InChI=1S/C19H23NO/c21-19(11-6-14-4-2-1-3-5-14)20-17-9-10-18(20)13-16(12-17)15-7-8-15/h1-5,17-18H,6-13H2. The minimum atomic E-state index is 0.381. The van der Waals surface area contributed by atoms with E-state index >= 15 is 0 Å². The lowest BCUT2D eigenvalue weighted by Gasteiger charge is -2.36. The first kappa shape index (κ1) is 13.1. The molecule has 0 N–H and O–H groups in total. The number of allylic oxidation sites excluding steroid dienone is 1. The first-order valence-corrected chi connectivity index (χ1v) is 8.36. The molecule has 0 radical (unpaired) electrons. The Kier molecular flexibility index (Phi) is 3.33. The molecule has 1 saturated carbocycles. The van der Waals surface area contributed by atoms with Crippen LogP contribution in [0, 0.1) is 0 Å². The summed E-state index contributed by atoms with van der Waals surface area (Å²) in [5, 5.41) is 0. The zero-order valence-electron chi connectivity index (χ0n) is 12.6. The van der Waals surface area contributed by atoms with Gasteiger partial charge in [-0.1, -0.05) is 41.5 Å². The number of rotatable bonds is 3. The molecule has 2 bridgehead atoms. The Balaban J connectivity index is 1.40. The van der Waals surface area contributed by atoms with Crippen molar-refractivity contribution in [2.45, 2.75) is 63.5 Å². The van der Waals surface area contributed by atoms with Crippen LogP contribution in [0.5, 0.6) is 0 Å². The molecule has 1 aliphatic carbocycles. The van der Waals surface area contributed by atoms with E-state index < -0.39 is 0 Å². The third-order valence-corrected chi connectivity index (χ3v) is 5.34. The van der Waals surface area contributed by atoms with Gasteiger partial charge in [0.15, 0.2) is 0 Å². The number of carbonyl (C=O) groups excluding carboxylic acids is 1. The van der Waals surface area contributed by atoms with E-state index in [2.05, 4.69) is 29.2 Å². The van der Waals surface area contributed by atoms with Gasteiger partial charge < -0.3 is 4.90 Å². The van der Waals surface area contributed by atoms with Gasteiger partial charge in [0.1, 0.15) is 0 Å². The predicted octanol–water partition coefficient (Wildman–Crippen LogP) is 3.86. The van der Waals surface area contributed by atoms with Crippen LogP contribution in [0.3, 0.4) is 0 Å². The number of benzene rings is 1. The molecule has 1 aromatic carbocycles. The second-order valence-corrected chi connectivity index (χ2v) is 6.79. The molecule has 3 fully saturated rings. The summed E-state index contributed by atoms with van der Waals surface area (Å²) in [4.78, 5) is 14.9. The minimum Gasteiger partial charge on any atom is -0.336 e. The van der Waals surface area contributed by atoms with Gasteiger partial charge in [-0.2, -0.15) is 0 Å². The Bertz CT molecular complexity index is 552. The summed E-state index contributed by atoms with van der Waals surface area (Å²) in [6.45, 7) is 0. The number of carbonyl (C=O) groups is 1. The topological polar surface area (TPSA) is 20.3 Å². The maximum Gasteiger partial charge on any atom is 0.223 e. The Hall–Kier alpha value is -1.57. The normalized spacial score (nSPS) is 27.1. The summed E-state index contributed by atoms with van der Waals surface area (Å²) in [5.41, 5.74) is 4.69. The molecule has 2 aliphatic heterocycles. The number of amides is 1. The van der Waals surface area contributed by atoms with Gasteiger partial charge in [-0.15, -0.1) is 0 Å². The van der Waals surface area contributed by atoms with Crippen molar-refractivity contribution < 1.29 is 4.79 Å². The van der Waals surface area contributed by atoms with Crippen molar-refractivity contribution in [3.63, 3.8) is 0 Å². The van der Waals surface area contributed by atoms with E-state index in [1.165, 1.54) is 44.1 Å². The van der Waals surface area contributed by atoms with E-state index in [9.17, 15) is 4.79 Å². The second-order valence-electron chi connectivity index (χ2n) is 6.79. The number of piperidine rings is 1. The molecule has 0 aromatic heterocycles. The highest BCUT2D eigenvalue weighted by molar-refractivity contribution is 5.78. The van der Waals surface area contributed by atoms with Crippen molar-refractivity contribution in [2.75, 3.05) is 0 Å². The third-order valence-electron chi connectivity index (χ3n) is 5.34. The Morgan fingerprint density at radius 1 is 1.00 bits per heavy atom. The zero-order valence-corrected chi connectivity index (χ0v) is 12.6. The van der Waals surface area contributed by atoms with Crippen LogP contribution in [0.4, 0.5) is 0 Å². The average molecular weight is 281 g/mol. The van der Waals surface area contributed by atoms with Crippen LogP contribution in [0.25, 0.3) is 0 Å². The van der Waals surface area contributed by atoms with Crippen LogP contribution in [-0.2, 0) is 11.2 Å². The highest BCUT2D eigenvalue weighted by Crippen LogP contribution is 2.44. The van der Waals surface area contributed by atoms with Gasteiger partial charge in [0, 0.05) is 18.5 Å². The van der Waals surface area contributed by atoms with Crippen LogP contribution < -0.4 is 0 Å². The molecule has 4 rings (SSSR count). The minimum absolute atomic E-state index is 0.381. The van der Waals surface area contributed by atoms with Crippen molar-refractivity contribution >= 4 is 5.91 Å². The maximum absolute atomic E-state index is 12.6. The van der Waals surface area contributed by atoms with E-state index in [1.54, 1.807) is 11.1 Å². The third kappa shape index (κ3) is 2.64. The van der Waals surface area contributed by atoms with Gasteiger partial charge >= 0.3 is 0 Å². The van der Waals surface area contributed by atoms with Crippen LogP contribution in [-0.4, -0.2) is 22.9 Å². The van der Waals surface area contributed by atoms with E-state index in [0.29, 0.717) is 24.4 Å². The number of hydrogen-bond donors (Lipinski definition) is 0. The molecule has 1 amide bonds. The zero-order chi connectivity index (χ0) is 14.2. The molecular formula is C19H23NO. The smallest absolute Gasteiger partial charge is 0.223 e. The lowest BCUT2D eigenvalue weighted by atomic mass is 9.95. The monoisotopic (exact) mass is 281 g/mol. The van der Waals surface area contributed by atoms with Crippen LogP contribution in [0.15, 0.2) is 41.5 Å². The lowest BCUT2D eigenvalue weighted by Crippen LogP contribution is -2.44. The summed E-state index contributed by atoms with van der Waals surface area (Å²) in [5.74, 6) is 0.381. The molecule has 2 heterocycles. The summed E-state index contributed by atoms with van der Waals surface area (Å²) in [6, 6.07) is 11.4. The second kappa shape index (κ2) is 5.32. The molecule has 2 heteroatoms. The fraction of sp³-hybridized carbons (Fsp3) is 0.526. The van der Waals surface area contributed by atoms with Gasteiger partial charge in [0.2, 0.25) is 5.91 Å². The van der Waals surface area contributed by atoms with Crippen LogP contribution in [0.2, 0.25) is 0 Å². The first-order chi connectivity index (χ1) is 10.3. The fourth-order valence-corrected chi connectivity index (χ4v) is 4.15. The summed E-state index contributed by atoms with van der Waals surface area (Å²) < 4.78 is 0. The summed E-state index contributed by atoms with van der Waals surface area (Å²) in [7, 11) is 0. The highest BCUT2D eigenvalue weighted by atomic mass is 16.2. The van der Waals surface area contributed by atoms with Gasteiger partial charge in [-0.05, 0) is 50.5 Å². The van der Waals surface area contributed by atoms with Crippen LogP contribution in [0.1, 0.15) is 50.5 Å². The molecule has 2 unspecified atom stereocenters. The molecule has 2 atom stereocenters. The molecule has 3 aliphatic rings. The molecule has 110 valence electrons. The molecule has 0 spiro atoms. The Morgan fingerprint density at radius 2 is 1.67 bits per heavy atom. The SMILES string of the molecule is O=C(CCc1ccccc1)N1C2CCC1CC(=C1CC1)C2. The molecule has 1 aromatic rings. The average Bonchev–Trinajstić information content (AvgIpc) is 3.32. The molecule has 21 heavy (non-hydrogen) atoms. The number of aryl methyl sites for hydroxylation is 1. The summed E-state index contributed by atoms with van der Waals surface area (Å²) in [6.07, 6.45) is 8.99. The first-order valence-electron chi connectivity index (χ1n) is 8.36. The summed E-state index contributed by atoms with van der Waals surface area (Å²) >= 11 is 0. The van der Waals surface area contributed by atoms with Crippen molar-refractivity contribution in [3.8, 4) is 0 Å². The van der Waals surface area contributed by atoms with Gasteiger partial charge in [0.05, 0.1) is 0 Å². The van der Waals surface area contributed by atoms with Gasteiger partial charge in [-0.25, -0.2) is 0 Å². The van der Waals surface area contributed by atoms with Crippen molar-refractivity contribution in [2.24, 2.45) is 0 Å². The molecular weight excluding hydrogens is 258 g/mol. The largest absolute Gasteiger partial charge is 0.336 e. The lowest BCUT2D eigenvalue weighted by molar-refractivity contribution is -0.134. The highest BCUT2D eigenvalue weighted by Gasteiger charge is 2.42. The van der Waals surface area contributed by atoms with E-state index in [-0.39, 0.29) is 0 Å². The van der Waals surface area contributed by atoms with E-state index in [0.717, 1.165) is 6.42 Å². The van der Waals surface area contributed by atoms with E-state index in [1.807, 2.05) is 6.07 Å². The maximum atomic E-state index is 12.6. The van der Waals surface area contributed by atoms with Crippen molar-refractivity contribution in [3.05, 3.63) is 47.0 Å². The van der Waals surface area contributed by atoms with Gasteiger partial charge in [-0.3, -0.25) is 4.79 Å². The van der Waals surface area contributed by atoms with Gasteiger partial charge in [0.25, 0.3) is 0 Å². The predicted molar refractivity (Wildman–Crippen MR) is 83.9 cm³/mol. The fourth-order valence-electron chi connectivity index (χ4n) is 4.15. The Labute approximate surface area is 126 Å². The van der Waals surface area contributed by atoms with Crippen molar-refractivity contribution in [1.82, 2.24) is 4.90 Å². The van der Waals surface area contributed by atoms with E-state index in [4.69, 9.17) is 0 Å². The van der Waals surface area contributed by atoms with Crippen LogP contribution >= 0.6 is 0 Å². The van der Waals surface area contributed by atoms with Crippen molar-refractivity contribution in [1.29, 1.82) is 0 Å². The number of fused-ring (bicyclic) bond motifs is 2. The Morgan fingerprint density at radius 3 is 2.29 bits per heavy atom.